The molecule has 6 aromatic rings. The van der Waals surface area contributed by atoms with Crippen molar-refractivity contribution in [1.29, 1.82) is 5.26 Å². The number of nitrogens with one attached hydrogen (secondary N) is 3. The summed E-state index contributed by atoms with van der Waals surface area (Å²) in [5, 5.41) is 13.4. The van der Waals surface area contributed by atoms with E-state index < -0.39 is 20.9 Å². The molecule has 0 bridgehead atoms. The molecule has 0 saturated heterocycles. The van der Waals surface area contributed by atoms with E-state index in [-0.39, 0.29) is 36.0 Å². The first-order valence-electron chi connectivity index (χ1n) is 19.8. The van der Waals surface area contributed by atoms with Gasteiger partial charge in [0.25, 0.3) is 11.5 Å². The average molecular weight is 879 g/mol. The minimum Gasteiger partial charge on any atom is -0.492 e. The molecule has 1 amide bonds. The zero-order chi connectivity index (χ0) is 44.6. The lowest BCUT2D eigenvalue weighted by atomic mass is 9.49. The number of H-pyrrole nitrogens is 1. The minimum absolute atomic E-state index is 0.0969. The summed E-state index contributed by atoms with van der Waals surface area (Å²) in [4.78, 5) is 40.0. The van der Waals surface area contributed by atoms with E-state index in [4.69, 9.17) is 25.8 Å². The largest absolute Gasteiger partial charge is 0.492 e. The Hall–Kier alpha value is -6.57. The Kier molecular flexibility index (Phi) is 12.0. The Bertz CT molecular complexity index is 2850. The summed E-state index contributed by atoms with van der Waals surface area (Å²) in [5.74, 6) is 2.02. The number of nitrogens with zero attached hydrogens (tertiary/aromatic N) is 5. The zero-order valence-corrected chi connectivity index (χ0v) is 36.9. The number of ether oxygens (including phenoxy) is 3. The molecule has 1 aliphatic carbocycles. The first-order chi connectivity index (χ1) is 29.4. The topological polar surface area (TPSA) is 194 Å². The molecule has 0 radical (unpaired) electrons. The summed E-state index contributed by atoms with van der Waals surface area (Å²) in [6.45, 7) is 10.4. The van der Waals surface area contributed by atoms with Crippen LogP contribution in [0.3, 0.4) is 0 Å². The molecule has 3 aromatic carbocycles. The Morgan fingerprint density at radius 1 is 1.00 bits per heavy atom. The van der Waals surface area contributed by atoms with E-state index in [1.807, 2.05) is 39.6 Å². The molecule has 322 valence electrons. The molecule has 0 aliphatic heterocycles. The first kappa shape index (κ1) is 43.5. The summed E-state index contributed by atoms with van der Waals surface area (Å²) >= 11 is 6.24. The number of nitriles is 1. The predicted molar refractivity (Wildman–Crippen MR) is 239 cm³/mol. The number of anilines is 2. The molecule has 3 aromatic heterocycles. The Morgan fingerprint density at radius 2 is 1.73 bits per heavy atom. The zero-order valence-electron chi connectivity index (χ0n) is 35.3. The molecule has 1 saturated carbocycles. The van der Waals surface area contributed by atoms with Crippen molar-refractivity contribution in [2.45, 2.75) is 46.8 Å². The number of carbonyl (C=O) groups excluding carboxylic acids is 1. The second-order valence-corrected chi connectivity index (χ2v) is 18.8. The van der Waals surface area contributed by atoms with Gasteiger partial charge in [0.15, 0.2) is 0 Å². The monoisotopic (exact) mass is 878 g/mol. The van der Waals surface area contributed by atoms with Crippen LogP contribution < -0.4 is 34.7 Å². The smallest absolute Gasteiger partial charge is 0.274 e. The number of aromatic nitrogens is 4. The number of aryl methyl sites for hydroxylation is 1. The van der Waals surface area contributed by atoms with Gasteiger partial charge in [-0.1, -0.05) is 45.4 Å². The molecule has 0 unspecified atom stereocenters. The number of fused-ring (bicyclic) bond motifs is 1. The van der Waals surface area contributed by atoms with Gasteiger partial charge in [-0.3, -0.25) is 14.3 Å². The van der Waals surface area contributed by atoms with Crippen LogP contribution in [-0.4, -0.2) is 71.9 Å². The van der Waals surface area contributed by atoms with E-state index in [2.05, 4.69) is 31.1 Å². The number of likely N-dealkylation sites (N-methyl/N-ethyl adjacent to an activating group) is 1. The van der Waals surface area contributed by atoms with Crippen LogP contribution in [0.5, 0.6) is 23.0 Å². The van der Waals surface area contributed by atoms with Gasteiger partial charge in [0, 0.05) is 90.1 Å². The molecule has 62 heavy (non-hydrogen) atoms. The maximum atomic E-state index is 13.4. The lowest BCUT2D eigenvalue weighted by Crippen LogP contribution is -2.74. The molecule has 15 nitrogen and oxygen atoms in total. The molecule has 3 N–H and O–H groups in total. The third-order valence-electron chi connectivity index (χ3n) is 11.2. The summed E-state index contributed by atoms with van der Waals surface area (Å²) in [6, 6.07) is 20.7. The normalized spacial score (nSPS) is 16.4. The second kappa shape index (κ2) is 17.1. The van der Waals surface area contributed by atoms with E-state index in [1.54, 1.807) is 93.1 Å². The van der Waals surface area contributed by atoms with Crippen LogP contribution in [0.15, 0.2) is 96.3 Å². The number of hydrogen-bond acceptors (Lipinski definition) is 11. The van der Waals surface area contributed by atoms with Crippen LogP contribution in [0.1, 0.15) is 50.5 Å². The molecule has 1 fully saturated rings. The van der Waals surface area contributed by atoms with E-state index in [0.29, 0.717) is 79.4 Å². The Morgan fingerprint density at radius 3 is 2.42 bits per heavy atom. The standard InChI is InChI=1S/C45H47ClN8O7S/c1-8-62(57,58)52-29-13-15-37(34(20-29)35-26-54(7)40(56)38-33(35)16-17-48-38)60-31-11-9-10-30(21-31)59-19-18-53(6)43-49-24-28(25-50-43)39(55)51-41-44(2,3)42(45(41,4)5)61-32-14-12-27(23-47)36(46)22-32/h9-17,20-22,24-26,41-42,48,52H,8,18-19H2,1-7H3,(H,51,55). The summed E-state index contributed by atoms with van der Waals surface area (Å²) in [5.41, 5.74) is 1.63. The SMILES string of the molecule is CCS(=O)(=O)Nc1ccc(Oc2cccc(OCCN(C)c3ncc(C(=O)NC4C(C)(C)C(Oc5ccc(C#N)c(Cl)c5)C4(C)C)cn3)c2)c(-c2cn(C)c(=O)c3[nH]ccc23)c1. The number of rotatable bonds is 15. The number of halogens is 1. The van der Waals surface area contributed by atoms with Crippen LogP contribution in [0, 0.1) is 22.2 Å². The first-order valence-corrected chi connectivity index (χ1v) is 21.9. The van der Waals surface area contributed by atoms with Gasteiger partial charge in [-0.05, 0) is 55.5 Å². The van der Waals surface area contributed by atoms with Gasteiger partial charge in [-0.2, -0.15) is 5.26 Å². The van der Waals surface area contributed by atoms with Crippen molar-refractivity contribution in [1.82, 2.24) is 24.8 Å². The molecule has 0 spiro atoms. The second-order valence-electron chi connectivity index (χ2n) is 16.4. The van der Waals surface area contributed by atoms with Crippen LogP contribution in [0.4, 0.5) is 11.6 Å². The van der Waals surface area contributed by atoms with Gasteiger partial charge in [0.05, 0.1) is 28.4 Å². The van der Waals surface area contributed by atoms with Crippen molar-refractivity contribution in [2.75, 3.05) is 35.6 Å². The van der Waals surface area contributed by atoms with E-state index >= 15 is 0 Å². The fourth-order valence-corrected chi connectivity index (χ4v) is 9.07. The van der Waals surface area contributed by atoms with E-state index in [0.717, 1.165) is 0 Å². The Balaban J connectivity index is 0.974. The summed E-state index contributed by atoms with van der Waals surface area (Å²) in [6.07, 6.45) is 6.13. The van der Waals surface area contributed by atoms with Gasteiger partial charge in [-0.15, -0.1) is 0 Å². The highest BCUT2D eigenvalue weighted by molar-refractivity contribution is 7.92. The minimum atomic E-state index is -3.56. The lowest BCUT2D eigenvalue weighted by molar-refractivity contribution is -0.164. The number of aromatic amines is 1. The van der Waals surface area contributed by atoms with Crippen LogP contribution >= 0.6 is 11.6 Å². The molecule has 7 rings (SSSR count). The lowest BCUT2D eigenvalue weighted by Gasteiger charge is -2.63. The average Bonchev–Trinajstić information content (AvgIpc) is 3.74. The van der Waals surface area contributed by atoms with Crippen molar-refractivity contribution in [2.24, 2.45) is 17.9 Å². The fraction of sp³-hybridized carbons (Fsp3) is 0.311. The van der Waals surface area contributed by atoms with Crippen molar-refractivity contribution in [3.05, 3.63) is 118 Å². The maximum absolute atomic E-state index is 13.4. The van der Waals surface area contributed by atoms with Gasteiger partial charge >= 0.3 is 0 Å². The quantitative estimate of drug-likeness (QED) is 0.0924. The highest BCUT2D eigenvalue weighted by Crippen LogP contribution is 2.55. The summed E-state index contributed by atoms with van der Waals surface area (Å²) in [7, 11) is -0.0889. The fourth-order valence-electron chi connectivity index (χ4n) is 8.23. The maximum Gasteiger partial charge on any atom is 0.274 e. The number of benzene rings is 3. The van der Waals surface area contributed by atoms with Crippen LogP contribution in [0.2, 0.25) is 5.02 Å². The van der Waals surface area contributed by atoms with E-state index in [1.165, 1.54) is 17.0 Å². The number of hydrogen-bond donors (Lipinski definition) is 3. The van der Waals surface area contributed by atoms with Crippen LogP contribution in [-0.2, 0) is 17.1 Å². The van der Waals surface area contributed by atoms with Crippen molar-refractivity contribution in [3.8, 4) is 40.2 Å². The van der Waals surface area contributed by atoms with Crippen LogP contribution in [0.25, 0.3) is 22.0 Å². The van der Waals surface area contributed by atoms with Crippen molar-refractivity contribution >= 4 is 50.1 Å². The molecule has 17 heteroatoms. The number of sulfonamides is 1. The molecule has 1 aliphatic rings. The molecule has 3 heterocycles. The summed E-state index contributed by atoms with van der Waals surface area (Å²) < 4.78 is 47.8. The molecule has 0 atom stereocenters. The number of pyridine rings is 1. The van der Waals surface area contributed by atoms with Gasteiger partial charge in [0.1, 0.15) is 47.3 Å². The third kappa shape index (κ3) is 8.77. The van der Waals surface area contributed by atoms with Gasteiger partial charge in [-0.25, -0.2) is 18.4 Å². The Labute approximate surface area is 364 Å². The van der Waals surface area contributed by atoms with E-state index in [9.17, 15) is 23.3 Å². The highest BCUT2D eigenvalue weighted by Gasteiger charge is 2.64. The number of amides is 1. The highest BCUT2D eigenvalue weighted by atomic mass is 35.5. The van der Waals surface area contributed by atoms with Crippen molar-refractivity contribution < 1.29 is 27.4 Å². The van der Waals surface area contributed by atoms with Gasteiger partial charge < -0.3 is 34.0 Å². The van der Waals surface area contributed by atoms with Crippen molar-refractivity contribution in [3.63, 3.8) is 0 Å². The van der Waals surface area contributed by atoms with Gasteiger partial charge in [0.2, 0.25) is 16.0 Å². The molecular formula is C45H47ClN8O7S. The third-order valence-corrected chi connectivity index (χ3v) is 12.8. The predicted octanol–water partition coefficient (Wildman–Crippen LogP) is 7.53. The molecular weight excluding hydrogens is 832 g/mol. The number of carbonyl (C=O) groups is 1.